The lowest BCUT2D eigenvalue weighted by molar-refractivity contribution is -0.363. The highest BCUT2D eigenvalue weighted by Crippen LogP contribution is 2.31. The summed E-state index contributed by atoms with van der Waals surface area (Å²) in [6.45, 7) is 1.01. The van der Waals surface area contributed by atoms with Crippen LogP contribution in [0.3, 0.4) is 0 Å². The number of benzene rings is 1. The second kappa shape index (κ2) is 24.9. The number of rotatable bonds is 26. The molecule has 1 aromatic rings. The lowest BCUT2D eigenvalue weighted by Gasteiger charge is -2.46. The quantitative estimate of drug-likeness (QED) is 0.0682. The van der Waals surface area contributed by atoms with Crippen LogP contribution in [0.2, 0.25) is 0 Å². The Kier molecular flexibility index (Phi) is 21.5. The minimum absolute atomic E-state index is 0.241. The minimum atomic E-state index is -1.71. The molecule has 3 rings (SSSR count). The fourth-order valence-corrected chi connectivity index (χ4v) is 7.06. The molecule has 11 heteroatoms. The normalized spacial score (nSPS) is 30.8. The van der Waals surface area contributed by atoms with Crippen molar-refractivity contribution in [3.63, 3.8) is 0 Å². The molecule has 0 radical (unpaired) electrons. The average Bonchev–Trinajstić information content (AvgIpc) is 3.13. The van der Waals surface area contributed by atoms with Gasteiger partial charge >= 0.3 is 0 Å². The number of unbranched alkanes of at least 4 members (excludes halogenated alkanes) is 14. The summed E-state index contributed by atoms with van der Waals surface area (Å²) < 4.78 is 23.3. The Morgan fingerprint density at radius 2 is 1.06 bits per heavy atom. The number of hydrogen-bond acceptors (Lipinski definition) is 11. The maximum absolute atomic E-state index is 11.1. The molecule has 2 fully saturated rings. The molecule has 11 nitrogen and oxygen atoms in total. The van der Waals surface area contributed by atoms with Crippen molar-refractivity contribution in [1.82, 2.24) is 0 Å². The van der Waals surface area contributed by atoms with Gasteiger partial charge in [0.2, 0.25) is 0 Å². The summed E-state index contributed by atoms with van der Waals surface area (Å²) in [7, 11) is 0. The van der Waals surface area contributed by atoms with E-state index in [1.807, 2.05) is 18.2 Å². The fraction of sp³-hybridized carbons (Fsp3) is 0.846. The van der Waals surface area contributed by atoms with E-state index in [2.05, 4.69) is 19.1 Å². The van der Waals surface area contributed by atoms with E-state index in [1.165, 1.54) is 89.0 Å². The van der Waals surface area contributed by atoms with Gasteiger partial charge in [0, 0.05) is 0 Å². The van der Waals surface area contributed by atoms with Crippen molar-refractivity contribution in [3.8, 4) is 0 Å². The molecule has 2 saturated heterocycles. The summed E-state index contributed by atoms with van der Waals surface area (Å²) in [5.41, 5.74) is 1.23. The van der Waals surface area contributed by atoms with Crippen molar-refractivity contribution in [2.24, 2.45) is 0 Å². The second-order valence-corrected chi connectivity index (χ2v) is 14.4. The number of aryl methyl sites for hydroxylation is 1. The minimum Gasteiger partial charge on any atom is -0.394 e. The number of ether oxygens (including phenoxy) is 4. The molecular weight excluding hydrogens is 644 g/mol. The van der Waals surface area contributed by atoms with Crippen molar-refractivity contribution in [1.29, 1.82) is 0 Å². The van der Waals surface area contributed by atoms with Crippen LogP contribution in [0.1, 0.15) is 128 Å². The van der Waals surface area contributed by atoms with Gasteiger partial charge in [0.05, 0.1) is 19.3 Å². The second-order valence-electron chi connectivity index (χ2n) is 14.4. The van der Waals surface area contributed by atoms with E-state index in [-0.39, 0.29) is 6.10 Å². The van der Waals surface area contributed by atoms with E-state index in [9.17, 15) is 35.7 Å². The van der Waals surface area contributed by atoms with Gasteiger partial charge in [0.25, 0.3) is 0 Å². The highest BCUT2D eigenvalue weighted by Gasteiger charge is 2.51. The zero-order valence-corrected chi connectivity index (χ0v) is 30.4. The standard InChI is InChI=1S/C39H68O11/c1-2-3-4-5-6-7-8-9-10-11-12-13-14-15-19-24-29(25-20-23-28-21-17-16-18-22-28)47-38-36(46)34(44)37(31(27-41)49-38)50-39-35(45)33(43)32(42)30(26-40)48-39/h16-18,21-22,29-46H,2-15,19-20,23-27H2,1H3/t29?,30-,31-,32-,33+,34-,35-,36-,37+,38-,39-/m1/s1. The Labute approximate surface area is 299 Å². The van der Waals surface area contributed by atoms with Crippen LogP contribution < -0.4 is 0 Å². The van der Waals surface area contributed by atoms with E-state index >= 15 is 0 Å². The summed E-state index contributed by atoms with van der Waals surface area (Å²) in [5, 5.41) is 72.4. The molecule has 0 saturated carbocycles. The van der Waals surface area contributed by atoms with Crippen LogP contribution in [0, 0.1) is 0 Å². The predicted molar refractivity (Wildman–Crippen MR) is 190 cm³/mol. The van der Waals surface area contributed by atoms with E-state index in [0.717, 1.165) is 38.5 Å². The Morgan fingerprint density at radius 3 is 1.62 bits per heavy atom. The van der Waals surface area contributed by atoms with Crippen molar-refractivity contribution in [3.05, 3.63) is 35.9 Å². The molecule has 0 amide bonds. The van der Waals surface area contributed by atoms with Gasteiger partial charge in [-0.3, -0.25) is 0 Å². The summed E-state index contributed by atoms with van der Waals surface area (Å²) in [6.07, 6.45) is 7.60. The van der Waals surface area contributed by atoms with Gasteiger partial charge in [-0.2, -0.15) is 0 Å². The van der Waals surface area contributed by atoms with Gasteiger partial charge in [-0.1, -0.05) is 134 Å². The largest absolute Gasteiger partial charge is 0.394 e. The van der Waals surface area contributed by atoms with E-state index in [1.54, 1.807) is 0 Å². The summed E-state index contributed by atoms with van der Waals surface area (Å²) >= 11 is 0. The molecule has 0 aromatic heterocycles. The molecule has 0 aliphatic carbocycles. The highest BCUT2D eigenvalue weighted by molar-refractivity contribution is 5.14. The Bertz CT molecular complexity index is 967. The first-order valence-electron chi connectivity index (χ1n) is 19.6. The number of hydrogen-bond donors (Lipinski definition) is 7. The van der Waals surface area contributed by atoms with Crippen molar-refractivity contribution in [2.45, 2.75) is 196 Å². The lowest BCUT2D eigenvalue weighted by Crippen LogP contribution is -2.64. The first-order chi connectivity index (χ1) is 24.3. The molecule has 50 heavy (non-hydrogen) atoms. The third kappa shape index (κ3) is 14.7. The van der Waals surface area contributed by atoms with E-state index in [4.69, 9.17) is 18.9 Å². The molecule has 290 valence electrons. The van der Waals surface area contributed by atoms with Gasteiger partial charge in [0.15, 0.2) is 12.6 Å². The lowest BCUT2D eigenvalue weighted by atomic mass is 9.96. The van der Waals surface area contributed by atoms with Gasteiger partial charge in [-0.05, 0) is 31.2 Å². The first-order valence-corrected chi connectivity index (χ1v) is 19.6. The highest BCUT2D eigenvalue weighted by atomic mass is 16.7. The van der Waals surface area contributed by atoms with Gasteiger partial charge in [-0.15, -0.1) is 0 Å². The maximum Gasteiger partial charge on any atom is 0.187 e. The van der Waals surface area contributed by atoms with E-state index < -0.39 is 74.6 Å². The SMILES string of the molecule is CCCCCCCCCCCCCCCCCC(CCCc1ccccc1)O[C@@H]1O[C@H](CO)[C@H](O[C@H]2O[C@H](CO)[C@@H](O)[C@H](O)[C@H]2O)[C@H](O)[C@H]1O. The molecule has 7 N–H and O–H groups in total. The molecule has 11 atom stereocenters. The number of aliphatic hydroxyl groups is 7. The Balaban J connectivity index is 1.45. The topological polar surface area (TPSA) is 179 Å². The Morgan fingerprint density at radius 1 is 0.560 bits per heavy atom. The molecule has 0 bridgehead atoms. The van der Waals surface area contributed by atoms with Gasteiger partial charge in [0.1, 0.15) is 48.8 Å². The van der Waals surface area contributed by atoms with Gasteiger partial charge < -0.3 is 54.7 Å². The van der Waals surface area contributed by atoms with Crippen LogP contribution in [0.5, 0.6) is 0 Å². The monoisotopic (exact) mass is 712 g/mol. The Hall–Kier alpha value is -1.22. The fourth-order valence-electron chi connectivity index (χ4n) is 7.06. The van der Waals surface area contributed by atoms with Crippen LogP contribution >= 0.6 is 0 Å². The van der Waals surface area contributed by atoms with Crippen molar-refractivity contribution in [2.75, 3.05) is 13.2 Å². The van der Waals surface area contributed by atoms with Crippen LogP contribution in [-0.4, -0.2) is 116 Å². The summed E-state index contributed by atoms with van der Waals surface area (Å²) in [4.78, 5) is 0. The third-order valence-electron chi connectivity index (χ3n) is 10.3. The molecule has 0 spiro atoms. The van der Waals surface area contributed by atoms with Crippen LogP contribution in [0.15, 0.2) is 30.3 Å². The smallest absolute Gasteiger partial charge is 0.187 e. The number of aliphatic hydroxyl groups excluding tert-OH is 7. The van der Waals surface area contributed by atoms with E-state index in [0.29, 0.717) is 0 Å². The maximum atomic E-state index is 11.1. The van der Waals surface area contributed by atoms with Crippen molar-refractivity contribution < 1.29 is 54.7 Å². The third-order valence-corrected chi connectivity index (χ3v) is 10.3. The molecule has 2 aliphatic rings. The summed E-state index contributed by atoms with van der Waals surface area (Å²) in [6, 6.07) is 10.2. The predicted octanol–water partition coefficient (Wildman–Crippen LogP) is 4.28. The summed E-state index contributed by atoms with van der Waals surface area (Å²) in [5.74, 6) is 0. The van der Waals surface area contributed by atoms with Gasteiger partial charge in [-0.25, -0.2) is 0 Å². The first kappa shape index (κ1) is 43.2. The molecular formula is C39H68O11. The average molecular weight is 713 g/mol. The molecule has 2 heterocycles. The molecule has 1 unspecified atom stereocenters. The zero-order valence-electron chi connectivity index (χ0n) is 30.4. The van der Waals surface area contributed by atoms with Crippen LogP contribution in [0.4, 0.5) is 0 Å². The van der Waals surface area contributed by atoms with Crippen LogP contribution in [0.25, 0.3) is 0 Å². The molecule has 1 aromatic carbocycles. The van der Waals surface area contributed by atoms with Crippen LogP contribution in [-0.2, 0) is 25.4 Å². The van der Waals surface area contributed by atoms with Crippen molar-refractivity contribution >= 4 is 0 Å². The zero-order chi connectivity index (χ0) is 36.1. The molecule has 2 aliphatic heterocycles.